The molecule has 0 amide bonds. The summed E-state index contributed by atoms with van der Waals surface area (Å²) >= 11 is 0. The molecule has 0 saturated carbocycles. The fourth-order valence-corrected chi connectivity index (χ4v) is 3.11. The van der Waals surface area contributed by atoms with Crippen molar-refractivity contribution < 1.29 is 10.2 Å². The van der Waals surface area contributed by atoms with Gasteiger partial charge in [-0.1, -0.05) is 72.8 Å². The van der Waals surface area contributed by atoms with Gasteiger partial charge in [0.25, 0.3) is 0 Å². The highest BCUT2D eigenvalue weighted by molar-refractivity contribution is 5.61. The lowest BCUT2D eigenvalue weighted by atomic mass is 9.69. The number of phenols is 2. The van der Waals surface area contributed by atoms with Crippen LogP contribution in [-0.2, 0) is 5.41 Å². The van der Waals surface area contributed by atoms with Crippen LogP contribution in [0.2, 0.25) is 0 Å². The monoisotopic (exact) mass is 302 g/mol. The average Bonchev–Trinajstić information content (AvgIpc) is 2.60. The Morgan fingerprint density at radius 2 is 1.09 bits per heavy atom. The number of allylic oxidation sites excluding steroid dienone is 1. The predicted molar refractivity (Wildman–Crippen MR) is 92.7 cm³/mol. The normalized spacial score (nSPS) is 11.1. The van der Waals surface area contributed by atoms with E-state index in [1.807, 2.05) is 54.6 Å². The van der Waals surface area contributed by atoms with Crippen LogP contribution in [0, 0.1) is 0 Å². The van der Waals surface area contributed by atoms with Crippen molar-refractivity contribution in [2.24, 2.45) is 0 Å². The van der Waals surface area contributed by atoms with Crippen LogP contribution in [0.25, 0.3) is 0 Å². The maximum absolute atomic E-state index is 10.5. The maximum atomic E-state index is 10.5. The highest BCUT2D eigenvalue weighted by Crippen LogP contribution is 2.46. The van der Waals surface area contributed by atoms with E-state index >= 15 is 0 Å². The number of benzene rings is 3. The molecule has 2 heteroatoms. The number of para-hydroxylation sites is 2. The quantitative estimate of drug-likeness (QED) is 0.545. The molecule has 0 aliphatic heterocycles. The van der Waals surface area contributed by atoms with Crippen LogP contribution in [0.5, 0.6) is 11.5 Å². The standard InChI is InChI=1S/C21H18O2/c1-2-21(16-10-4-3-5-11-16,17-12-6-8-14-19(17)22)18-13-7-9-15-20(18)23/h2-15,22-23H,1H2. The smallest absolute Gasteiger partial charge is 0.120 e. The van der Waals surface area contributed by atoms with Gasteiger partial charge in [0.2, 0.25) is 0 Å². The maximum Gasteiger partial charge on any atom is 0.120 e. The first-order valence-corrected chi connectivity index (χ1v) is 7.46. The molecule has 3 aromatic carbocycles. The van der Waals surface area contributed by atoms with Crippen LogP contribution in [0.4, 0.5) is 0 Å². The minimum absolute atomic E-state index is 0.166. The Hall–Kier alpha value is -3.00. The Morgan fingerprint density at radius 1 is 0.652 bits per heavy atom. The lowest BCUT2D eigenvalue weighted by molar-refractivity contribution is 0.449. The largest absolute Gasteiger partial charge is 0.508 e. The molecule has 0 fully saturated rings. The molecule has 0 unspecified atom stereocenters. The first-order valence-electron chi connectivity index (χ1n) is 7.46. The van der Waals surface area contributed by atoms with Gasteiger partial charge in [-0.15, -0.1) is 6.58 Å². The molecule has 3 aromatic rings. The molecule has 3 rings (SSSR count). The van der Waals surface area contributed by atoms with E-state index in [9.17, 15) is 10.2 Å². The summed E-state index contributed by atoms with van der Waals surface area (Å²) in [6.45, 7) is 4.02. The number of aromatic hydroxyl groups is 2. The van der Waals surface area contributed by atoms with Gasteiger partial charge in [0.05, 0.1) is 5.41 Å². The molecule has 2 nitrogen and oxygen atoms in total. The molecule has 0 aliphatic rings. The Labute approximate surface area is 136 Å². The summed E-state index contributed by atoms with van der Waals surface area (Å²) in [4.78, 5) is 0. The van der Waals surface area contributed by atoms with Gasteiger partial charge >= 0.3 is 0 Å². The topological polar surface area (TPSA) is 40.5 Å². The molecule has 0 spiro atoms. The molecular weight excluding hydrogens is 284 g/mol. The Kier molecular flexibility index (Phi) is 3.90. The van der Waals surface area contributed by atoms with Crippen LogP contribution in [0.15, 0.2) is 91.5 Å². The SMILES string of the molecule is C=CC(c1ccccc1)(c1ccccc1O)c1ccccc1O. The summed E-state index contributed by atoms with van der Waals surface area (Å²) < 4.78 is 0. The number of hydrogen-bond acceptors (Lipinski definition) is 2. The first-order chi connectivity index (χ1) is 11.2. The van der Waals surface area contributed by atoms with E-state index in [0.717, 1.165) is 5.56 Å². The molecule has 0 radical (unpaired) electrons. The fourth-order valence-electron chi connectivity index (χ4n) is 3.11. The Balaban J connectivity index is 2.41. The van der Waals surface area contributed by atoms with Crippen molar-refractivity contribution in [2.45, 2.75) is 5.41 Å². The van der Waals surface area contributed by atoms with Crippen LogP contribution in [0.1, 0.15) is 16.7 Å². The van der Waals surface area contributed by atoms with Crippen LogP contribution < -0.4 is 0 Å². The molecule has 0 aromatic heterocycles. The third-order valence-electron chi connectivity index (χ3n) is 4.19. The average molecular weight is 302 g/mol. The third-order valence-corrected chi connectivity index (χ3v) is 4.19. The highest BCUT2D eigenvalue weighted by atomic mass is 16.3. The van der Waals surface area contributed by atoms with Crippen molar-refractivity contribution in [3.05, 3.63) is 108 Å². The molecule has 0 atom stereocenters. The van der Waals surface area contributed by atoms with E-state index in [-0.39, 0.29) is 11.5 Å². The van der Waals surface area contributed by atoms with E-state index in [1.165, 1.54) is 0 Å². The third kappa shape index (κ3) is 2.38. The molecule has 0 bridgehead atoms. The summed E-state index contributed by atoms with van der Waals surface area (Å²) in [6, 6.07) is 24.1. The second-order valence-electron chi connectivity index (χ2n) is 5.41. The van der Waals surface area contributed by atoms with Crippen LogP contribution in [0.3, 0.4) is 0 Å². The van der Waals surface area contributed by atoms with Crippen molar-refractivity contribution in [1.82, 2.24) is 0 Å². The summed E-state index contributed by atoms with van der Waals surface area (Å²) in [5.74, 6) is 0.332. The summed E-state index contributed by atoms with van der Waals surface area (Å²) in [5.41, 5.74) is 1.46. The molecule has 23 heavy (non-hydrogen) atoms. The molecular formula is C21H18O2. The summed E-state index contributed by atoms with van der Waals surface area (Å²) in [5, 5.41) is 20.9. The zero-order valence-electron chi connectivity index (χ0n) is 12.7. The zero-order valence-corrected chi connectivity index (χ0v) is 12.7. The van der Waals surface area contributed by atoms with Crippen molar-refractivity contribution in [3.63, 3.8) is 0 Å². The molecule has 114 valence electrons. The van der Waals surface area contributed by atoms with Gasteiger partial charge in [-0.2, -0.15) is 0 Å². The molecule has 2 N–H and O–H groups in total. The first kappa shape index (κ1) is 14.9. The number of hydrogen-bond donors (Lipinski definition) is 2. The van der Waals surface area contributed by atoms with Crippen molar-refractivity contribution >= 4 is 0 Å². The number of rotatable bonds is 4. The minimum atomic E-state index is -0.835. The summed E-state index contributed by atoms with van der Waals surface area (Å²) in [6.07, 6.45) is 1.77. The van der Waals surface area contributed by atoms with Gasteiger partial charge in [-0.3, -0.25) is 0 Å². The predicted octanol–water partition coefficient (Wildman–Crippen LogP) is 4.62. The van der Waals surface area contributed by atoms with E-state index in [4.69, 9.17) is 0 Å². The lowest BCUT2D eigenvalue weighted by Crippen LogP contribution is -2.27. The molecule has 0 heterocycles. The number of phenolic OH excluding ortho intramolecular Hbond substituents is 2. The Bertz CT molecular complexity index is 777. The van der Waals surface area contributed by atoms with Crippen LogP contribution in [-0.4, -0.2) is 10.2 Å². The highest BCUT2D eigenvalue weighted by Gasteiger charge is 2.37. The van der Waals surface area contributed by atoms with Crippen LogP contribution >= 0.6 is 0 Å². The molecule has 0 saturated heterocycles. The van der Waals surface area contributed by atoms with E-state index in [1.54, 1.807) is 30.3 Å². The fraction of sp³-hybridized carbons (Fsp3) is 0.0476. The second kappa shape index (κ2) is 6.01. The van der Waals surface area contributed by atoms with Crippen molar-refractivity contribution in [1.29, 1.82) is 0 Å². The minimum Gasteiger partial charge on any atom is -0.508 e. The van der Waals surface area contributed by atoms with Gasteiger partial charge in [-0.25, -0.2) is 0 Å². The Morgan fingerprint density at radius 3 is 1.52 bits per heavy atom. The van der Waals surface area contributed by atoms with E-state index in [0.29, 0.717) is 11.1 Å². The van der Waals surface area contributed by atoms with Crippen molar-refractivity contribution in [3.8, 4) is 11.5 Å². The lowest BCUT2D eigenvalue weighted by Gasteiger charge is -2.33. The zero-order chi connectivity index (χ0) is 16.3. The second-order valence-corrected chi connectivity index (χ2v) is 5.41. The van der Waals surface area contributed by atoms with Crippen molar-refractivity contribution in [2.75, 3.05) is 0 Å². The van der Waals surface area contributed by atoms with Gasteiger partial charge in [-0.05, 0) is 17.7 Å². The van der Waals surface area contributed by atoms with Gasteiger partial charge in [0, 0.05) is 11.1 Å². The molecule has 0 aliphatic carbocycles. The van der Waals surface area contributed by atoms with Gasteiger partial charge < -0.3 is 10.2 Å². The van der Waals surface area contributed by atoms with Gasteiger partial charge in [0.1, 0.15) is 11.5 Å². The summed E-state index contributed by atoms with van der Waals surface area (Å²) in [7, 11) is 0. The van der Waals surface area contributed by atoms with Gasteiger partial charge in [0.15, 0.2) is 0 Å². The van der Waals surface area contributed by atoms with E-state index in [2.05, 4.69) is 6.58 Å². The van der Waals surface area contributed by atoms with E-state index < -0.39 is 5.41 Å².